The van der Waals surface area contributed by atoms with Crippen LogP contribution in [0.4, 0.5) is 5.69 Å². The van der Waals surface area contributed by atoms with E-state index in [1.54, 1.807) is 13.0 Å². The summed E-state index contributed by atoms with van der Waals surface area (Å²) >= 11 is 0. The maximum atomic E-state index is 11.3. The van der Waals surface area contributed by atoms with E-state index in [1.807, 2.05) is 7.05 Å². The quantitative estimate of drug-likeness (QED) is 0.689. The van der Waals surface area contributed by atoms with Crippen molar-refractivity contribution in [3.63, 3.8) is 0 Å². The second-order valence-electron chi connectivity index (χ2n) is 5.34. The van der Waals surface area contributed by atoms with E-state index in [2.05, 4.69) is 43.9 Å². The van der Waals surface area contributed by atoms with Crippen molar-refractivity contribution in [1.82, 2.24) is 0 Å². The number of carbonyl (C=O) groups excluding carboxylic acids is 1. The van der Waals surface area contributed by atoms with E-state index in [0.29, 0.717) is 0 Å². The zero-order valence-electron chi connectivity index (χ0n) is 11.2. The maximum absolute atomic E-state index is 11.3. The van der Waals surface area contributed by atoms with Gasteiger partial charge in [0.15, 0.2) is 5.78 Å². The normalized spacial score (nSPS) is 19.6. The molecule has 0 saturated heterocycles. The first-order chi connectivity index (χ1) is 7.84. The molecule has 0 saturated carbocycles. The van der Waals surface area contributed by atoms with Gasteiger partial charge in [0.05, 0.1) is 0 Å². The fourth-order valence-electron chi connectivity index (χ4n) is 2.60. The number of hydrogen-bond acceptors (Lipinski definition) is 2. The molecule has 0 aliphatic carbocycles. The van der Waals surface area contributed by atoms with Crippen LogP contribution in [0.5, 0.6) is 0 Å². The summed E-state index contributed by atoms with van der Waals surface area (Å²) in [5.41, 5.74) is 4.74. The van der Waals surface area contributed by atoms with Crippen LogP contribution in [0.15, 0.2) is 30.0 Å². The number of ketones is 1. The summed E-state index contributed by atoms with van der Waals surface area (Å²) in [7, 11) is 2.03. The molecule has 0 amide bonds. The van der Waals surface area contributed by atoms with Gasteiger partial charge in [0.1, 0.15) is 0 Å². The summed E-state index contributed by atoms with van der Waals surface area (Å²) in [5.74, 6) is 0.101. The highest BCUT2D eigenvalue weighted by Gasteiger charge is 2.38. The number of rotatable bonds is 1. The van der Waals surface area contributed by atoms with Crippen molar-refractivity contribution in [3.05, 3.63) is 41.1 Å². The van der Waals surface area contributed by atoms with Gasteiger partial charge in [0, 0.05) is 29.9 Å². The molecule has 0 radical (unpaired) electrons. The SMILES string of the molecule is CC(=O)/C=C1/N(C)c2ccc(C)cc2C1(C)C. The molecular weight excluding hydrogens is 210 g/mol. The van der Waals surface area contributed by atoms with Crippen LogP contribution < -0.4 is 4.90 Å². The van der Waals surface area contributed by atoms with Gasteiger partial charge in [-0.05, 0) is 25.5 Å². The molecule has 0 aromatic heterocycles. The smallest absolute Gasteiger partial charge is 0.154 e. The first kappa shape index (κ1) is 11.9. The van der Waals surface area contributed by atoms with Crippen molar-refractivity contribution in [2.75, 3.05) is 11.9 Å². The second kappa shape index (κ2) is 3.73. The standard InChI is InChI=1S/C15H19NO/c1-10-6-7-13-12(8-10)15(3,4)14(16(13)5)9-11(2)17/h6-9H,1-5H3/b14-9+. The molecule has 17 heavy (non-hydrogen) atoms. The average molecular weight is 229 g/mol. The highest BCUT2D eigenvalue weighted by Crippen LogP contribution is 2.46. The Morgan fingerprint density at radius 3 is 2.59 bits per heavy atom. The number of anilines is 1. The fourth-order valence-corrected chi connectivity index (χ4v) is 2.60. The van der Waals surface area contributed by atoms with Gasteiger partial charge in [-0.2, -0.15) is 0 Å². The lowest BCUT2D eigenvalue weighted by molar-refractivity contribution is -0.112. The summed E-state index contributed by atoms with van der Waals surface area (Å²) in [5, 5.41) is 0. The van der Waals surface area contributed by atoms with E-state index in [-0.39, 0.29) is 11.2 Å². The second-order valence-corrected chi connectivity index (χ2v) is 5.34. The summed E-state index contributed by atoms with van der Waals surface area (Å²) in [6, 6.07) is 6.46. The highest BCUT2D eigenvalue weighted by molar-refractivity contribution is 5.90. The molecule has 1 aromatic carbocycles. The number of fused-ring (bicyclic) bond motifs is 1. The molecule has 2 heteroatoms. The first-order valence-electron chi connectivity index (χ1n) is 5.91. The molecule has 2 rings (SSSR count). The summed E-state index contributed by atoms with van der Waals surface area (Å²) < 4.78 is 0. The minimum atomic E-state index is -0.0955. The number of benzene rings is 1. The average Bonchev–Trinajstić information content (AvgIpc) is 2.40. The van der Waals surface area contributed by atoms with Crippen LogP contribution in [0.2, 0.25) is 0 Å². The first-order valence-corrected chi connectivity index (χ1v) is 5.91. The summed E-state index contributed by atoms with van der Waals surface area (Å²) in [6.07, 6.45) is 1.75. The molecule has 0 spiro atoms. The van der Waals surface area contributed by atoms with E-state index in [0.717, 1.165) is 5.70 Å². The largest absolute Gasteiger partial charge is 0.347 e. The third-order valence-electron chi connectivity index (χ3n) is 3.53. The van der Waals surface area contributed by atoms with Gasteiger partial charge >= 0.3 is 0 Å². The Hall–Kier alpha value is -1.57. The van der Waals surface area contributed by atoms with Crippen molar-refractivity contribution in [3.8, 4) is 0 Å². The number of allylic oxidation sites excluding steroid dienone is 2. The molecule has 1 aromatic rings. The third kappa shape index (κ3) is 1.78. The Balaban J connectivity index is 2.64. The zero-order valence-corrected chi connectivity index (χ0v) is 11.2. The van der Waals surface area contributed by atoms with Crippen LogP contribution in [0.25, 0.3) is 0 Å². The summed E-state index contributed by atoms with van der Waals surface area (Å²) in [6.45, 7) is 8.04. The van der Waals surface area contributed by atoms with Crippen molar-refractivity contribution >= 4 is 11.5 Å². The molecule has 0 bridgehead atoms. The zero-order chi connectivity index (χ0) is 12.8. The van der Waals surface area contributed by atoms with Gasteiger partial charge < -0.3 is 4.90 Å². The van der Waals surface area contributed by atoms with Gasteiger partial charge in [-0.1, -0.05) is 31.5 Å². The topological polar surface area (TPSA) is 20.3 Å². The van der Waals surface area contributed by atoms with Crippen LogP contribution in [-0.2, 0) is 10.2 Å². The Morgan fingerprint density at radius 2 is 2.00 bits per heavy atom. The van der Waals surface area contributed by atoms with E-state index in [9.17, 15) is 4.79 Å². The van der Waals surface area contributed by atoms with E-state index in [4.69, 9.17) is 0 Å². The Kier molecular flexibility index (Phi) is 2.61. The van der Waals surface area contributed by atoms with Crippen LogP contribution in [0.3, 0.4) is 0 Å². The van der Waals surface area contributed by atoms with Crippen molar-refractivity contribution < 1.29 is 4.79 Å². The fraction of sp³-hybridized carbons (Fsp3) is 0.400. The molecular formula is C15H19NO. The number of likely N-dealkylation sites (N-methyl/N-ethyl adjacent to an activating group) is 1. The molecule has 0 atom stereocenters. The van der Waals surface area contributed by atoms with Crippen molar-refractivity contribution in [2.24, 2.45) is 0 Å². The predicted octanol–water partition coefficient (Wildman–Crippen LogP) is 3.20. The molecule has 0 N–H and O–H groups in total. The number of carbonyl (C=O) groups is 1. The molecule has 2 nitrogen and oxygen atoms in total. The van der Waals surface area contributed by atoms with Gasteiger partial charge in [-0.25, -0.2) is 0 Å². The lowest BCUT2D eigenvalue weighted by atomic mass is 9.83. The minimum Gasteiger partial charge on any atom is -0.347 e. The Bertz CT molecular complexity index is 512. The lowest BCUT2D eigenvalue weighted by Crippen LogP contribution is -2.23. The van der Waals surface area contributed by atoms with E-state index >= 15 is 0 Å². The molecule has 1 aliphatic heterocycles. The Labute approximate surface area is 103 Å². The van der Waals surface area contributed by atoms with E-state index in [1.165, 1.54) is 16.8 Å². The van der Waals surface area contributed by atoms with Gasteiger partial charge in [-0.3, -0.25) is 4.79 Å². The number of aryl methyl sites for hydroxylation is 1. The highest BCUT2D eigenvalue weighted by atomic mass is 16.1. The lowest BCUT2D eigenvalue weighted by Gasteiger charge is -2.23. The van der Waals surface area contributed by atoms with Crippen LogP contribution in [0.1, 0.15) is 31.9 Å². The minimum absolute atomic E-state index is 0.0955. The molecule has 0 unspecified atom stereocenters. The third-order valence-corrected chi connectivity index (χ3v) is 3.53. The Morgan fingerprint density at radius 1 is 1.35 bits per heavy atom. The van der Waals surface area contributed by atoms with Crippen LogP contribution >= 0.6 is 0 Å². The molecule has 90 valence electrons. The molecule has 1 aliphatic rings. The predicted molar refractivity (Wildman–Crippen MR) is 71.4 cm³/mol. The molecule has 0 fully saturated rings. The van der Waals surface area contributed by atoms with Gasteiger partial charge in [0.25, 0.3) is 0 Å². The van der Waals surface area contributed by atoms with Crippen molar-refractivity contribution in [2.45, 2.75) is 33.1 Å². The van der Waals surface area contributed by atoms with Gasteiger partial charge in [-0.15, -0.1) is 0 Å². The van der Waals surface area contributed by atoms with Crippen molar-refractivity contribution in [1.29, 1.82) is 0 Å². The van der Waals surface area contributed by atoms with Crippen LogP contribution in [-0.4, -0.2) is 12.8 Å². The number of nitrogens with zero attached hydrogens (tertiary/aromatic N) is 1. The monoisotopic (exact) mass is 229 g/mol. The van der Waals surface area contributed by atoms with E-state index < -0.39 is 0 Å². The van der Waals surface area contributed by atoms with Gasteiger partial charge in [0.2, 0.25) is 0 Å². The van der Waals surface area contributed by atoms with Crippen LogP contribution in [0, 0.1) is 6.92 Å². The number of hydrogen-bond donors (Lipinski definition) is 0. The summed E-state index contributed by atoms with van der Waals surface area (Å²) in [4.78, 5) is 13.5. The molecule has 1 heterocycles. The maximum Gasteiger partial charge on any atom is 0.154 e.